The van der Waals surface area contributed by atoms with Gasteiger partial charge in [0.05, 0.1) is 31.1 Å². The third kappa shape index (κ3) is 10.8. The van der Waals surface area contributed by atoms with Crippen molar-refractivity contribution in [3.63, 3.8) is 0 Å². The van der Waals surface area contributed by atoms with Crippen LogP contribution in [0.1, 0.15) is 11.1 Å². The fraction of sp³-hybridized carbons (Fsp3) is 0.226. The molecule has 4 aromatic heterocycles. The van der Waals surface area contributed by atoms with Gasteiger partial charge in [0.25, 0.3) is 0 Å². The molecule has 0 unspecified atom stereocenters. The molecule has 9 N–H and O–H groups in total. The van der Waals surface area contributed by atoms with E-state index in [1.54, 1.807) is 0 Å². The lowest BCUT2D eigenvalue weighted by Crippen LogP contribution is -2.37. The number of fused-ring (bicyclic) bond motifs is 2. The molecule has 0 atom stereocenters. The first-order valence-electron chi connectivity index (χ1n) is 14.1. The summed E-state index contributed by atoms with van der Waals surface area (Å²) in [5.74, 6) is 7.78. The molecule has 0 spiro atoms. The van der Waals surface area contributed by atoms with Crippen LogP contribution in [0.3, 0.4) is 0 Å². The molecule has 6 aromatic rings. The van der Waals surface area contributed by atoms with Crippen LogP contribution in [-0.4, -0.2) is 73.1 Å². The Balaban J connectivity index is 0.000000290. The number of ether oxygens (including phenoxy) is 1. The van der Waals surface area contributed by atoms with Crippen molar-refractivity contribution in [3.05, 3.63) is 109 Å². The molecule has 4 heterocycles. The van der Waals surface area contributed by atoms with Crippen molar-refractivity contribution in [1.29, 1.82) is 0 Å². The predicted molar refractivity (Wildman–Crippen MR) is 173 cm³/mol. The van der Waals surface area contributed by atoms with Gasteiger partial charge in [-0.15, -0.1) is 10.2 Å². The number of carbonyl (C=O) groups excluding carboxylic acids is 2. The number of rotatable bonds is 9. The van der Waals surface area contributed by atoms with Crippen LogP contribution in [0, 0.1) is 0 Å². The van der Waals surface area contributed by atoms with Crippen LogP contribution in [-0.2, 0) is 40.5 Å². The lowest BCUT2D eigenvalue weighted by Gasteiger charge is -2.01. The number of benzene rings is 2. The Hall–Kier alpha value is -5.52. The average molecular weight is 648 g/mol. The summed E-state index contributed by atoms with van der Waals surface area (Å²) < 4.78 is 12.3. The number of Topliss-reactive ketones (excluding diaryl/α,β-unsaturated/α-hetero) is 1. The van der Waals surface area contributed by atoms with Crippen molar-refractivity contribution >= 4 is 33.8 Å². The summed E-state index contributed by atoms with van der Waals surface area (Å²) in [6.07, 6.45) is 8.33. The third-order valence-electron chi connectivity index (χ3n) is 6.48. The second-order valence-electron chi connectivity index (χ2n) is 9.56. The van der Waals surface area contributed by atoms with Gasteiger partial charge in [0.1, 0.15) is 11.0 Å². The number of hydrogen-bond acceptors (Lipinski definition) is 11. The van der Waals surface area contributed by atoms with E-state index in [-0.39, 0.29) is 30.2 Å². The van der Waals surface area contributed by atoms with Gasteiger partial charge >= 0.3 is 5.97 Å². The smallest absolute Gasteiger partial charge is 0.310 e. The van der Waals surface area contributed by atoms with Crippen LogP contribution in [0.4, 0.5) is 0 Å². The van der Waals surface area contributed by atoms with E-state index in [1.807, 2.05) is 116 Å². The zero-order valence-corrected chi connectivity index (χ0v) is 26.3. The molecule has 0 fully saturated rings. The molecule has 0 bridgehead atoms. The number of nitrogens with two attached hydrogens (primary N) is 3. The summed E-state index contributed by atoms with van der Waals surface area (Å²) in [6, 6.07) is 23.2. The molecule has 0 aliphatic carbocycles. The molecular formula is C31H41N11O5+2. The first-order valence-corrected chi connectivity index (χ1v) is 14.1. The molecule has 0 saturated carbocycles. The van der Waals surface area contributed by atoms with Crippen LogP contribution in [0.25, 0.3) is 22.1 Å². The Labute approximate surface area is 270 Å². The quantitative estimate of drug-likeness (QED) is 0.0631. The third-order valence-corrected chi connectivity index (χ3v) is 6.48. The van der Waals surface area contributed by atoms with Crippen molar-refractivity contribution in [2.45, 2.75) is 26.2 Å². The number of hydrogen-bond donors (Lipinski definition) is 4. The topological polar surface area (TPSA) is 242 Å². The number of methoxy groups -OCH3 is 1. The van der Waals surface area contributed by atoms with Gasteiger partial charge in [-0.2, -0.15) is 18.5 Å². The van der Waals surface area contributed by atoms with Gasteiger partial charge in [0.15, 0.2) is 30.6 Å². The Morgan fingerprint density at radius 3 is 1.64 bits per heavy atom. The minimum absolute atomic E-state index is 0. The van der Waals surface area contributed by atoms with E-state index >= 15 is 0 Å². The van der Waals surface area contributed by atoms with Gasteiger partial charge in [-0.1, -0.05) is 34.7 Å². The van der Waals surface area contributed by atoms with E-state index in [1.165, 1.54) is 7.11 Å². The molecule has 2 aromatic carbocycles. The van der Waals surface area contributed by atoms with Crippen LogP contribution >= 0.6 is 0 Å². The van der Waals surface area contributed by atoms with Crippen LogP contribution < -0.4 is 26.6 Å². The molecule has 0 aliphatic rings. The standard InChI is InChI=1S/C15H16N5O.C15H15N4O2.CH4O.H4N2.H2O/c16-9-13(21)8-12-4-3-7-19(10-12)11-20-15-6-2-1-5-14(15)17-18-20;1-21-15(20)9-12-5-4-8-18(10-12)11-19-14-7-3-2-6-13(14)16-17-19;2*1-2;/h1-7,10H,8-9,11,16H2;2-8,10H,9,11H2,1H3;2H,1H3;1-2H2;1H2/q2*+1;;;. The van der Waals surface area contributed by atoms with E-state index in [2.05, 4.69) is 37.0 Å². The van der Waals surface area contributed by atoms with Crippen molar-refractivity contribution in [1.82, 2.24) is 30.0 Å². The van der Waals surface area contributed by atoms with Gasteiger partial charge in [-0.25, -0.2) is 0 Å². The molecule has 6 rings (SSSR count). The van der Waals surface area contributed by atoms with E-state index in [4.69, 9.17) is 10.8 Å². The number of hydrazine groups is 1. The second kappa shape index (κ2) is 19.8. The normalized spacial score (nSPS) is 9.91. The van der Waals surface area contributed by atoms with Gasteiger partial charge in [-0.05, 0) is 36.4 Å². The molecule has 16 heteroatoms. The number of aromatic nitrogens is 8. The highest BCUT2D eigenvalue weighted by Gasteiger charge is 2.12. The van der Waals surface area contributed by atoms with Crippen LogP contribution in [0.15, 0.2) is 97.6 Å². The van der Waals surface area contributed by atoms with Gasteiger partial charge < -0.3 is 21.1 Å². The largest absolute Gasteiger partial charge is 0.469 e. The van der Waals surface area contributed by atoms with Crippen molar-refractivity contribution in [3.8, 4) is 0 Å². The first-order chi connectivity index (χ1) is 22.5. The number of para-hydroxylation sites is 2. The lowest BCUT2D eigenvalue weighted by atomic mass is 10.1. The Morgan fingerprint density at radius 1 is 0.745 bits per heavy atom. The monoisotopic (exact) mass is 647 g/mol. The second-order valence-corrected chi connectivity index (χ2v) is 9.56. The highest BCUT2D eigenvalue weighted by molar-refractivity contribution is 5.82. The molecular weight excluding hydrogens is 606 g/mol. The number of nitrogens with zero attached hydrogens (tertiary/aromatic N) is 8. The molecule has 0 saturated heterocycles. The summed E-state index contributed by atoms with van der Waals surface area (Å²) in [6.45, 7) is 1.16. The number of ketones is 1. The minimum Gasteiger partial charge on any atom is -0.469 e. The number of pyridine rings is 2. The maximum absolute atomic E-state index is 11.4. The summed E-state index contributed by atoms with van der Waals surface area (Å²) in [4.78, 5) is 22.7. The van der Waals surface area contributed by atoms with E-state index < -0.39 is 0 Å². The highest BCUT2D eigenvalue weighted by Crippen LogP contribution is 2.10. The van der Waals surface area contributed by atoms with Gasteiger partial charge in [0.2, 0.25) is 13.3 Å². The highest BCUT2D eigenvalue weighted by atomic mass is 16.5. The van der Waals surface area contributed by atoms with Gasteiger partial charge in [0, 0.05) is 36.8 Å². The summed E-state index contributed by atoms with van der Waals surface area (Å²) in [5.41, 5.74) is 10.9. The lowest BCUT2D eigenvalue weighted by molar-refractivity contribution is -0.702. The minimum atomic E-state index is -0.251. The Bertz CT molecular complexity index is 1710. The molecule has 0 amide bonds. The van der Waals surface area contributed by atoms with Crippen LogP contribution in [0.2, 0.25) is 0 Å². The zero-order valence-electron chi connectivity index (χ0n) is 26.3. The predicted octanol–water partition coefficient (Wildman–Crippen LogP) is -1.16. The number of aliphatic hydroxyl groups is 1. The maximum atomic E-state index is 11.4. The van der Waals surface area contributed by atoms with E-state index in [9.17, 15) is 9.59 Å². The molecule has 16 nitrogen and oxygen atoms in total. The molecule has 0 aliphatic heterocycles. The Kier molecular flexibility index (Phi) is 15.9. The summed E-state index contributed by atoms with van der Waals surface area (Å²) in [7, 11) is 2.39. The number of esters is 1. The zero-order chi connectivity index (χ0) is 33.3. The summed E-state index contributed by atoms with van der Waals surface area (Å²) >= 11 is 0. The van der Waals surface area contributed by atoms with E-state index in [0.717, 1.165) is 40.3 Å². The van der Waals surface area contributed by atoms with Crippen LogP contribution in [0.5, 0.6) is 0 Å². The maximum Gasteiger partial charge on any atom is 0.310 e. The molecule has 0 radical (unpaired) electrons. The SMILES string of the molecule is CO.COC(=O)Cc1ccc[n+](Cn2nnc3ccccc32)c1.NCC(=O)Cc1ccc[n+](Cn2nnc3ccccc32)c1.NN.O. The van der Waals surface area contributed by atoms with Crippen molar-refractivity contribution in [2.24, 2.45) is 17.4 Å². The fourth-order valence-electron chi connectivity index (χ4n) is 4.43. The number of carbonyl (C=O) groups is 2. The first kappa shape index (κ1) is 37.7. The fourth-order valence-corrected chi connectivity index (χ4v) is 4.43. The Morgan fingerprint density at radius 2 is 1.19 bits per heavy atom. The average Bonchev–Trinajstić information content (AvgIpc) is 3.71. The molecule has 47 heavy (non-hydrogen) atoms. The number of aliphatic hydroxyl groups excluding tert-OH is 1. The molecule has 248 valence electrons. The van der Waals surface area contributed by atoms with Crippen molar-refractivity contribution < 1.29 is 34.0 Å². The van der Waals surface area contributed by atoms with Gasteiger partial charge in [-0.3, -0.25) is 21.3 Å². The van der Waals surface area contributed by atoms with Crippen molar-refractivity contribution in [2.75, 3.05) is 20.8 Å². The van der Waals surface area contributed by atoms with E-state index in [0.29, 0.717) is 19.8 Å². The summed E-state index contributed by atoms with van der Waals surface area (Å²) in [5, 5.41) is 23.6.